The number of morpholine rings is 1. The van der Waals surface area contributed by atoms with Crippen LogP contribution in [-0.2, 0) is 4.74 Å². The highest BCUT2D eigenvalue weighted by Crippen LogP contribution is 2.26. The number of nitrogens with zero attached hydrogens (tertiary/aromatic N) is 1. The van der Waals surface area contributed by atoms with Crippen molar-refractivity contribution in [1.29, 1.82) is 0 Å². The lowest BCUT2D eigenvalue weighted by Gasteiger charge is -2.35. The summed E-state index contributed by atoms with van der Waals surface area (Å²) in [6.45, 7) is 3.49. The molecule has 4 heteroatoms. The topological polar surface area (TPSA) is 24.5 Å². The molecular weight excluding hydrogens is 304 g/mol. The van der Waals surface area contributed by atoms with E-state index in [-0.39, 0.29) is 0 Å². The Balaban J connectivity index is 1.71. The molecule has 0 radical (unpaired) electrons. The summed E-state index contributed by atoms with van der Waals surface area (Å²) < 4.78 is 5.50. The van der Waals surface area contributed by atoms with Gasteiger partial charge in [-0.15, -0.1) is 0 Å². The molecule has 0 bridgehead atoms. The van der Waals surface area contributed by atoms with E-state index in [2.05, 4.69) is 40.5 Å². The Morgan fingerprint density at radius 3 is 2.26 bits per heavy atom. The van der Waals surface area contributed by atoms with E-state index in [0.29, 0.717) is 6.04 Å². The van der Waals surface area contributed by atoms with Crippen molar-refractivity contribution < 1.29 is 4.74 Å². The molecular formula is C19H22N2OS. The third kappa shape index (κ3) is 4.61. The van der Waals surface area contributed by atoms with Gasteiger partial charge in [-0.25, -0.2) is 0 Å². The zero-order valence-corrected chi connectivity index (χ0v) is 14.0. The first kappa shape index (κ1) is 16.1. The van der Waals surface area contributed by atoms with E-state index in [1.807, 2.05) is 30.3 Å². The van der Waals surface area contributed by atoms with Crippen LogP contribution in [0.3, 0.4) is 0 Å². The summed E-state index contributed by atoms with van der Waals surface area (Å²) in [5.41, 5.74) is 2.36. The highest BCUT2D eigenvalue weighted by molar-refractivity contribution is 7.80. The van der Waals surface area contributed by atoms with Gasteiger partial charge in [-0.1, -0.05) is 60.7 Å². The lowest BCUT2D eigenvalue weighted by Crippen LogP contribution is -2.40. The highest BCUT2D eigenvalue weighted by Gasteiger charge is 2.23. The first-order chi connectivity index (χ1) is 11.3. The lowest BCUT2D eigenvalue weighted by molar-refractivity contribution is 0.0176. The van der Waals surface area contributed by atoms with E-state index >= 15 is 0 Å². The number of anilines is 1. The van der Waals surface area contributed by atoms with E-state index in [0.717, 1.165) is 43.4 Å². The molecule has 0 saturated carbocycles. The van der Waals surface area contributed by atoms with E-state index in [1.165, 1.54) is 5.56 Å². The maximum Gasteiger partial charge on any atom is 0.0816 e. The van der Waals surface area contributed by atoms with Crippen molar-refractivity contribution in [2.45, 2.75) is 12.5 Å². The van der Waals surface area contributed by atoms with Gasteiger partial charge in [-0.2, -0.15) is 0 Å². The minimum Gasteiger partial charge on any atom is -0.379 e. The maximum absolute atomic E-state index is 5.61. The third-order valence-corrected chi connectivity index (χ3v) is 4.38. The number of thiocarbonyl (C=S) groups is 1. The molecule has 120 valence electrons. The Morgan fingerprint density at radius 2 is 1.61 bits per heavy atom. The van der Waals surface area contributed by atoms with E-state index in [1.54, 1.807) is 0 Å². The smallest absolute Gasteiger partial charge is 0.0816 e. The van der Waals surface area contributed by atoms with Crippen LogP contribution in [-0.4, -0.2) is 36.2 Å². The third-order valence-electron chi connectivity index (χ3n) is 4.11. The number of para-hydroxylation sites is 1. The molecule has 0 aromatic heterocycles. The SMILES string of the molecule is S=C(C[C@@H](c1ccccc1)N1CCOCC1)Nc1ccccc1. The van der Waals surface area contributed by atoms with Gasteiger partial charge in [-0.05, 0) is 17.7 Å². The van der Waals surface area contributed by atoms with Crippen LogP contribution in [0.2, 0.25) is 0 Å². The molecule has 1 aliphatic heterocycles. The summed E-state index contributed by atoms with van der Waals surface area (Å²) in [6.07, 6.45) is 0.814. The van der Waals surface area contributed by atoms with Crippen LogP contribution in [0.5, 0.6) is 0 Å². The van der Waals surface area contributed by atoms with Gasteiger partial charge < -0.3 is 10.1 Å². The molecule has 0 aliphatic carbocycles. The molecule has 0 spiro atoms. The number of rotatable bonds is 5. The molecule has 1 N–H and O–H groups in total. The number of hydrogen-bond acceptors (Lipinski definition) is 3. The van der Waals surface area contributed by atoms with Crippen molar-refractivity contribution in [3.63, 3.8) is 0 Å². The monoisotopic (exact) mass is 326 g/mol. The molecule has 3 rings (SSSR count). The molecule has 1 heterocycles. The predicted octanol–water partition coefficient (Wildman–Crippen LogP) is 3.89. The largest absolute Gasteiger partial charge is 0.379 e. The second kappa shape index (κ2) is 8.20. The summed E-state index contributed by atoms with van der Waals surface area (Å²) in [7, 11) is 0. The second-order valence-corrected chi connectivity index (χ2v) is 6.19. The van der Waals surface area contributed by atoms with Gasteiger partial charge in [0.1, 0.15) is 0 Å². The first-order valence-electron chi connectivity index (χ1n) is 8.04. The Hall–Kier alpha value is -1.75. The Labute approximate surface area is 143 Å². The van der Waals surface area contributed by atoms with Crippen LogP contribution >= 0.6 is 12.2 Å². The van der Waals surface area contributed by atoms with Gasteiger partial charge in [0, 0.05) is 31.2 Å². The molecule has 2 aromatic carbocycles. The summed E-state index contributed by atoms with van der Waals surface area (Å²) in [5.74, 6) is 0. The Kier molecular flexibility index (Phi) is 5.75. The molecule has 1 fully saturated rings. The van der Waals surface area contributed by atoms with Crippen LogP contribution in [0.4, 0.5) is 5.69 Å². The molecule has 0 unspecified atom stereocenters. The van der Waals surface area contributed by atoms with Gasteiger partial charge in [0.15, 0.2) is 0 Å². The highest BCUT2D eigenvalue weighted by atomic mass is 32.1. The van der Waals surface area contributed by atoms with Crippen LogP contribution in [0, 0.1) is 0 Å². The van der Waals surface area contributed by atoms with Gasteiger partial charge in [0.05, 0.1) is 18.2 Å². The fourth-order valence-electron chi connectivity index (χ4n) is 2.93. The average molecular weight is 326 g/mol. The van der Waals surface area contributed by atoms with Crippen LogP contribution in [0.15, 0.2) is 60.7 Å². The van der Waals surface area contributed by atoms with Crippen molar-refractivity contribution in [3.05, 3.63) is 66.2 Å². The van der Waals surface area contributed by atoms with Crippen LogP contribution in [0.1, 0.15) is 18.0 Å². The molecule has 3 nitrogen and oxygen atoms in total. The molecule has 23 heavy (non-hydrogen) atoms. The van der Waals surface area contributed by atoms with E-state index in [9.17, 15) is 0 Å². The predicted molar refractivity (Wildman–Crippen MR) is 98.9 cm³/mol. The molecule has 0 amide bonds. The Morgan fingerprint density at radius 1 is 1.00 bits per heavy atom. The zero-order chi connectivity index (χ0) is 15.9. The minimum absolute atomic E-state index is 0.295. The fourth-order valence-corrected chi connectivity index (χ4v) is 3.21. The minimum atomic E-state index is 0.295. The van der Waals surface area contributed by atoms with Gasteiger partial charge in [0.2, 0.25) is 0 Å². The molecule has 1 saturated heterocycles. The van der Waals surface area contributed by atoms with Crippen LogP contribution < -0.4 is 5.32 Å². The van der Waals surface area contributed by atoms with Gasteiger partial charge >= 0.3 is 0 Å². The second-order valence-electron chi connectivity index (χ2n) is 5.69. The van der Waals surface area contributed by atoms with Gasteiger partial charge in [0.25, 0.3) is 0 Å². The molecule has 1 atom stereocenters. The van der Waals surface area contributed by atoms with Crippen molar-refractivity contribution in [3.8, 4) is 0 Å². The van der Waals surface area contributed by atoms with Crippen molar-refractivity contribution in [2.24, 2.45) is 0 Å². The quantitative estimate of drug-likeness (QED) is 0.843. The normalized spacial score (nSPS) is 16.7. The zero-order valence-electron chi connectivity index (χ0n) is 13.2. The average Bonchev–Trinajstić information content (AvgIpc) is 2.62. The van der Waals surface area contributed by atoms with E-state index in [4.69, 9.17) is 17.0 Å². The van der Waals surface area contributed by atoms with Crippen molar-refractivity contribution >= 4 is 22.9 Å². The molecule has 1 aliphatic rings. The van der Waals surface area contributed by atoms with E-state index < -0.39 is 0 Å². The molecule has 2 aromatic rings. The van der Waals surface area contributed by atoms with Gasteiger partial charge in [-0.3, -0.25) is 4.90 Å². The summed E-state index contributed by atoms with van der Waals surface area (Å²) in [5, 5.41) is 3.35. The van der Waals surface area contributed by atoms with Crippen molar-refractivity contribution in [2.75, 3.05) is 31.6 Å². The summed E-state index contributed by atoms with van der Waals surface area (Å²) >= 11 is 5.61. The standard InChI is InChI=1S/C19H22N2OS/c23-19(20-17-9-5-2-6-10-17)15-18(16-7-3-1-4-8-16)21-11-13-22-14-12-21/h1-10,18H,11-15H2,(H,20,23)/t18-/m0/s1. The van der Waals surface area contributed by atoms with Crippen molar-refractivity contribution in [1.82, 2.24) is 4.90 Å². The number of ether oxygens (including phenoxy) is 1. The maximum atomic E-state index is 5.61. The van der Waals surface area contributed by atoms with Crippen LogP contribution in [0.25, 0.3) is 0 Å². The number of hydrogen-bond donors (Lipinski definition) is 1. The number of benzene rings is 2. The summed E-state index contributed by atoms with van der Waals surface area (Å²) in [4.78, 5) is 3.34. The first-order valence-corrected chi connectivity index (χ1v) is 8.45. The fraction of sp³-hybridized carbons (Fsp3) is 0.316. The Bertz CT molecular complexity index is 612. The number of nitrogens with one attached hydrogen (secondary N) is 1. The lowest BCUT2D eigenvalue weighted by atomic mass is 10.0. The summed E-state index contributed by atoms with van der Waals surface area (Å²) in [6, 6.07) is 21.0.